The molecule has 0 saturated carbocycles. The number of anilines is 1. The van der Waals surface area contributed by atoms with Crippen molar-refractivity contribution in [1.82, 2.24) is 14.9 Å². The fourth-order valence-electron chi connectivity index (χ4n) is 4.46. The van der Waals surface area contributed by atoms with E-state index in [4.69, 9.17) is 17.0 Å². The topological polar surface area (TPSA) is 42.3 Å². The Morgan fingerprint density at radius 3 is 2.55 bits per heavy atom. The smallest absolute Gasteiger partial charge is 0.174 e. The molecule has 1 aliphatic rings. The van der Waals surface area contributed by atoms with Crippen LogP contribution in [0.4, 0.5) is 5.69 Å². The Labute approximate surface area is 199 Å². The standard InChI is InChI=1S/C27H26N4OS/c1-3-19-12-14-20(15-13-19)31-26(25(29-27(31)33)23-10-4-5-16-28-23)24-11-7-17-30(24)21-8-6-9-22(18-21)32-2/h4-18,25-26H,3H2,1-2H3,(H,29,33). The average Bonchev–Trinajstić information content (AvgIpc) is 3.49. The van der Waals surface area contributed by atoms with Crippen molar-refractivity contribution in [3.63, 3.8) is 0 Å². The van der Waals surface area contributed by atoms with E-state index in [9.17, 15) is 0 Å². The number of pyridine rings is 1. The van der Waals surface area contributed by atoms with Crippen molar-refractivity contribution in [3.05, 3.63) is 108 Å². The quantitative estimate of drug-likeness (QED) is 0.383. The number of benzene rings is 2. The summed E-state index contributed by atoms with van der Waals surface area (Å²) in [5.74, 6) is 0.820. The number of hydrogen-bond donors (Lipinski definition) is 1. The molecule has 0 spiro atoms. The van der Waals surface area contributed by atoms with Crippen molar-refractivity contribution >= 4 is 23.0 Å². The molecule has 2 aromatic carbocycles. The van der Waals surface area contributed by atoms with Crippen molar-refractivity contribution < 1.29 is 4.74 Å². The Morgan fingerprint density at radius 2 is 1.82 bits per heavy atom. The zero-order chi connectivity index (χ0) is 22.8. The van der Waals surface area contributed by atoms with Gasteiger partial charge in [0.05, 0.1) is 18.8 Å². The van der Waals surface area contributed by atoms with Gasteiger partial charge in [0.2, 0.25) is 0 Å². The summed E-state index contributed by atoms with van der Waals surface area (Å²) < 4.78 is 7.67. The molecule has 1 N–H and O–H groups in total. The van der Waals surface area contributed by atoms with Crippen LogP contribution in [0.5, 0.6) is 5.75 Å². The fourth-order valence-corrected chi connectivity index (χ4v) is 4.80. The van der Waals surface area contributed by atoms with Gasteiger partial charge in [-0.2, -0.15) is 0 Å². The number of thiocarbonyl (C=S) groups is 1. The van der Waals surface area contributed by atoms with Crippen LogP contribution in [0.3, 0.4) is 0 Å². The Morgan fingerprint density at radius 1 is 0.970 bits per heavy atom. The highest BCUT2D eigenvalue weighted by atomic mass is 32.1. The second kappa shape index (κ2) is 9.08. The van der Waals surface area contributed by atoms with Crippen LogP contribution in [-0.2, 0) is 6.42 Å². The van der Waals surface area contributed by atoms with Gasteiger partial charge in [-0.1, -0.05) is 31.2 Å². The summed E-state index contributed by atoms with van der Waals surface area (Å²) in [6.45, 7) is 2.16. The zero-order valence-corrected chi connectivity index (χ0v) is 19.5. The molecular weight excluding hydrogens is 428 g/mol. The monoisotopic (exact) mass is 454 g/mol. The van der Waals surface area contributed by atoms with Gasteiger partial charge in [0, 0.05) is 35.5 Å². The Hall–Kier alpha value is -3.64. The van der Waals surface area contributed by atoms with Crippen LogP contribution in [0.1, 0.15) is 36.0 Å². The number of rotatable bonds is 6. The van der Waals surface area contributed by atoms with Crippen LogP contribution >= 0.6 is 12.2 Å². The molecule has 2 atom stereocenters. The van der Waals surface area contributed by atoms with E-state index in [0.717, 1.165) is 34.9 Å². The van der Waals surface area contributed by atoms with Crippen molar-refractivity contribution in [2.24, 2.45) is 0 Å². The lowest BCUT2D eigenvalue weighted by Gasteiger charge is -2.29. The average molecular weight is 455 g/mol. The second-order valence-corrected chi connectivity index (χ2v) is 8.41. The van der Waals surface area contributed by atoms with Crippen molar-refractivity contribution in [1.29, 1.82) is 0 Å². The molecule has 0 radical (unpaired) electrons. The van der Waals surface area contributed by atoms with Gasteiger partial charge in [0.1, 0.15) is 11.8 Å². The van der Waals surface area contributed by atoms with Gasteiger partial charge in [0.15, 0.2) is 5.11 Å². The molecule has 2 unspecified atom stereocenters. The maximum Gasteiger partial charge on any atom is 0.174 e. The molecule has 2 aromatic heterocycles. The van der Waals surface area contributed by atoms with E-state index in [0.29, 0.717) is 5.11 Å². The lowest BCUT2D eigenvalue weighted by molar-refractivity contribution is 0.414. The molecule has 33 heavy (non-hydrogen) atoms. The van der Waals surface area contributed by atoms with Gasteiger partial charge in [-0.05, 0) is 72.7 Å². The van der Waals surface area contributed by atoms with Crippen molar-refractivity contribution in [3.8, 4) is 11.4 Å². The minimum atomic E-state index is -0.0937. The van der Waals surface area contributed by atoms with Crippen LogP contribution in [0.25, 0.3) is 5.69 Å². The number of nitrogens with one attached hydrogen (secondary N) is 1. The first-order chi connectivity index (χ1) is 16.2. The van der Waals surface area contributed by atoms with Gasteiger partial charge in [-0.3, -0.25) is 4.98 Å². The molecule has 6 heteroatoms. The minimum Gasteiger partial charge on any atom is -0.497 e. The van der Waals surface area contributed by atoms with E-state index in [1.165, 1.54) is 5.56 Å². The molecule has 4 aromatic rings. The van der Waals surface area contributed by atoms with Gasteiger partial charge in [-0.25, -0.2) is 0 Å². The summed E-state index contributed by atoms with van der Waals surface area (Å²) in [6.07, 6.45) is 4.91. The molecule has 0 aliphatic carbocycles. The molecule has 1 saturated heterocycles. The molecule has 166 valence electrons. The van der Waals surface area contributed by atoms with Crippen LogP contribution in [-0.4, -0.2) is 21.8 Å². The van der Waals surface area contributed by atoms with Crippen molar-refractivity contribution in [2.45, 2.75) is 25.4 Å². The molecule has 1 fully saturated rings. The summed E-state index contributed by atoms with van der Waals surface area (Å²) in [7, 11) is 1.69. The van der Waals surface area contributed by atoms with Gasteiger partial charge in [0.25, 0.3) is 0 Å². The highest BCUT2D eigenvalue weighted by molar-refractivity contribution is 7.80. The summed E-state index contributed by atoms with van der Waals surface area (Å²) in [5, 5.41) is 4.24. The number of ether oxygens (including phenoxy) is 1. The van der Waals surface area contributed by atoms with Crippen LogP contribution in [0, 0.1) is 0 Å². The van der Waals surface area contributed by atoms with Gasteiger partial charge < -0.3 is 19.5 Å². The van der Waals surface area contributed by atoms with E-state index in [1.807, 2.05) is 36.5 Å². The van der Waals surface area contributed by atoms with E-state index in [-0.39, 0.29) is 12.1 Å². The summed E-state index contributed by atoms with van der Waals surface area (Å²) in [5.41, 5.74) is 5.47. The maximum absolute atomic E-state index is 5.87. The van der Waals surface area contributed by atoms with Gasteiger partial charge >= 0.3 is 0 Å². The third kappa shape index (κ3) is 3.98. The predicted octanol–water partition coefficient (Wildman–Crippen LogP) is 5.62. The predicted molar refractivity (Wildman–Crippen MR) is 136 cm³/mol. The lowest BCUT2D eigenvalue weighted by Crippen LogP contribution is -2.30. The highest BCUT2D eigenvalue weighted by Gasteiger charge is 2.42. The normalized spacial score (nSPS) is 17.8. The van der Waals surface area contributed by atoms with Gasteiger partial charge in [-0.15, -0.1) is 0 Å². The molecule has 5 rings (SSSR count). The highest BCUT2D eigenvalue weighted by Crippen LogP contribution is 2.42. The SMILES string of the molecule is CCc1ccc(N2C(=S)NC(c3ccccn3)C2c2cccn2-c2cccc(OC)c2)cc1. The van der Waals surface area contributed by atoms with Crippen molar-refractivity contribution in [2.75, 3.05) is 12.0 Å². The first kappa shape index (κ1) is 21.2. The molecule has 0 amide bonds. The maximum atomic E-state index is 5.87. The summed E-state index contributed by atoms with van der Waals surface area (Å²) in [4.78, 5) is 6.87. The first-order valence-electron chi connectivity index (χ1n) is 11.1. The Balaban J connectivity index is 1.64. The minimum absolute atomic E-state index is 0.0823. The van der Waals surface area contributed by atoms with E-state index >= 15 is 0 Å². The third-order valence-electron chi connectivity index (χ3n) is 6.14. The number of hydrogen-bond acceptors (Lipinski definition) is 3. The largest absolute Gasteiger partial charge is 0.497 e. The molecular formula is C27H26N4OS. The zero-order valence-electron chi connectivity index (χ0n) is 18.7. The second-order valence-electron chi connectivity index (χ2n) is 8.02. The van der Waals surface area contributed by atoms with E-state index < -0.39 is 0 Å². The number of aryl methyl sites for hydroxylation is 1. The van der Waals surface area contributed by atoms with Crippen LogP contribution in [0.15, 0.2) is 91.3 Å². The summed E-state index contributed by atoms with van der Waals surface area (Å²) >= 11 is 5.87. The third-order valence-corrected chi connectivity index (χ3v) is 6.45. The van der Waals surface area contributed by atoms with E-state index in [2.05, 4.69) is 81.4 Å². The van der Waals surface area contributed by atoms with Crippen LogP contribution < -0.4 is 15.0 Å². The Bertz CT molecular complexity index is 1250. The number of aromatic nitrogens is 2. The van der Waals surface area contributed by atoms with Crippen LogP contribution in [0.2, 0.25) is 0 Å². The molecule has 3 heterocycles. The molecule has 1 aliphatic heterocycles. The Kier molecular flexibility index (Phi) is 5.84. The molecule has 5 nitrogen and oxygen atoms in total. The first-order valence-corrected chi connectivity index (χ1v) is 11.5. The number of nitrogens with zero attached hydrogens (tertiary/aromatic N) is 3. The summed E-state index contributed by atoms with van der Waals surface area (Å²) in [6, 6.07) is 26.8. The van der Waals surface area contributed by atoms with E-state index in [1.54, 1.807) is 7.11 Å². The number of methoxy groups -OCH3 is 1. The molecule has 0 bridgehead atoms. The fraction of sp³-hybridized carbons (Fsp3) is 0.185. The lowest BCUT2D eigenvalue weighted by atomic mass is 10.0.